The van der Waals surface area contributed by atoms with Gasteiger partial charge in [0.15, 0.2) is 0 Å². The van der Waals surface area contributed by atoms with E-state index in [1.807, 2.05) is 0 Å². The predicted octanol–water partition coefficient (Wildman–Crippen LogP) is 1.36. The summed E-state index contributed by atoms with van der Waals surface area (Å²) in [5.41, 5.74) is 1.09. The minimum Gasteiger partial charge on any atom is -0.358 e. The van der Waals surface area contributed by atoms with E-state index in [9.17, 15) is 14.0 Å². The molecule has 2 rings (SSSR count). The second kappa shape index (κ2) is 8.36. The fraction of sp³-hybridized carbons (Fsp3) is 0.500. The lowest BCUT2D eigenvalue weighted by Crippen LogP contribution is -2.48. The molecule has 3 amide bonds. The normalized spacial score (nSPS) is 14.3. The average molecular weight is 322 g/mol. The molecule has 6 nitrogen and oxygen atoms in total. The Hall–Kier alpha value is -2.31. The molecule has 1 aromatic rings. The zero-order valence-corrected chi connectivity index (χ0v) is 13.3. The maximum Gasteiger partial charge on any atom is 0.315 e. The lowest BCUT2D eigenvalue weighted by molar-refractivity contribution is -0.120. The third-order valence-corrected chi connectivity index (χ3v) is 3.66. The van der Waals surface area contributed by atoms with Gasteiger partial charge in [-0.15, -0.1) is 0 Å². The molecule has 0 saturated carbocycles. The summed E-state index contributed by atoms with van der Waals surface area (Å²) in [6, 6.07) is 4.56. The van der Waals surface area contributed by atoms with E-state index < -0.39 is 0 Å². The molecular formula is C16H23FN4O2. The lowest BCUT2D eigenvalue weighted by atomic mass is 10.1. The highest BCUT2D eigenvalue weighted by Crippen LogP contribution is 2.21. The number of anilines is 1. The maximum absolute atomic E-state index is 14.2. The Balaban J connectivity index is 1.89. The van der Waals surface area contributed by atoms with Crippen LogP contribution in [0.3, 0.4) is 0 Å². The fourth-order valence-corrected chi connectivity index (χ4v) is 2.38. The van der Waals surface area contributed by atoms with Crippen LogP contribution in [0.2, 0.25) is 0 Å². The Labute approximate surface area is 135 Å². The van der Waals surface area contributed by atoms with Gasteiger partial charge in [0.1, 0.15) is 5.82 Å². The van der Waals surface area contributed by atoms with Crippen molar-refractivity contribution in [2.45, 2.75) is 26.3 Å². The van der Waals surface area contributed by atoms with E-state index in [0.29, 0.717) is 30.9 Å². The van der Waals surface area contributed by atoms with Gasteiger partial charge in [0.25, 0.3) is 0 Å². The SMILES string of the molecule is CCCCNC(=O)NCc1ccc(N2CCNC(=O)C2)c(F)c1. The van der Waals surface area contributed by atoms with Gasteiger partial charge in [-0.3, -0.25) is 4.79 Å². The Morgan fingerprint density at radius 3 is 2.91 bits per heavy atom. The van der Waals surface area contributed by atoms with E-state index in [1.165, 1.54) is 6.07 Å². The van der Waals surface area contributed by atoms with E-state index in [2.05, 4.69) is 22.9 Å². The standard InChI is InChI=1S/C16H23FN4O2/c1-2-3-6-19-16(23)20-10-12-4-5-14(13(17)9-12)21-8-7-18-15(22)11-21/h4-5,9H,2-3,6-8,10-11H2,1H3,(H,18,22)(H2,19,20,23). The summed E-state index contributed by atoms with van der Waals surface area (Å²) in [7, 11) is 0. The van der Waals surface area contributed by atoms with Gasteiger partial charge < -0.3 is 20.9 Å². The van der Waals surface area contributed by atoms with E-state index in [1.54, 1.807) is 17.0 Å². The molecule has 1 aliphatic heterocycles. The Morgan fingerprint density at radius 2 is 2.22 bits per heavy atom. The summed E-state index contributed by atoms with van der Waals surface area (Å²) >= 11 is 0. The monoisotopic (exact) mass is 322 g/mol. The quantitative estimate of drug-likeness (QED) is 0.693. The van der Waals surface area contributed by atoms with Crippen LogP contribution in [0.25, 0.3) is 0 Å². The molecule has 1 aromatic carbocycles. The first-order chi connectivity index (χ1) is 11.1. The molecule has 7 heteroatoms. The number of halogens is 1. The van der Waals surface area contributed by atoms with Crippen molar-refractivity contribution in [2.24, 2.45) is 0 Å². The predicted molar refractivity (Wildman–Crippen MR) is 86.8 cm³/mol. The van der Waals surface area contributed by atoms with Crippen LogP contribution in [0.15, 0.2) is 18.2 Å². The number of unbranched alkanes of at least 4 members (excludes halogenated alkanes) is 1. The number of benzene rings is 1. The van der Waals surface area contributed by atoms with Crippen molar-refractivity contribution in [2.75, 3.05) is 31.1 Å². The summed E-state index contributed by atoms with van der Waals surface area (Å²) < 4.78 is 14.2. The fourth-order valence-electron chi connectivity index (χ4n) is 2.38. The average Bonchev–Trinajstić information content (AvgIpc) is 2.53. The third kappa shape index (κ3) is 5.12. The van der Waals surface area contributed by atoms with E-state index in [4.69, 9.17) is 0 Å². The second-order valence-corrected chi connectivity index (χ2v) is 5.52. The number of urea groups is 1. The van der Waals surface area contributed by atoms with Crippen molar-refractivity contribution in [3.8, 4) is 0 Å². The molecule has 3 N–H and O–H groups in total. The number of nitrogens with zero attached hydrogens (tertiary/aromatic N) is 1. The molecule has 1 heterocycles. The zero-order valence-electron chi connectivity index (χ0n) is 13.3. The van der Waals surface area contributed by atoms with Crippen LogP contribution in [-0.2, 0) is 11.3 Å². The lowest BCUT2D eigenvalue weighted by Gasteiger charge is -2.29. The number of carbonyl (C=O) groups is 2. The molecule has 126 valence electrons. The highest BCUT2D eigenvalue weighted by molar-refractivity contribution is 5.82. The molecule has 0 radical (unpaired) electrons. The van der Waals surface area contributed by atoms with Crippen molar-refractivity contribution in [1.29, 1.82) is 0 Å². The molecule has 1 aliphatic rings. The third-order valence-electron chi connectivity index (χ3n) is 3.66. The molecule has 0 atom stereocenters. The summed E-state index contributed by atoms with van der Waals surface area (Å²) in [6.45, 7) is 4.20. The van der Waals surface area contributed by atoms with Gasteiger partial charge in [-0.1, -0.05) is 19.4 Å². The molecule has 1 fully saturated rings. The Kier molecular flexibility index (Phi) is 6.19. The second-order valence-electron chi connectivity index (χ2n) is 5.52. The highest BCUT2D eigenvalue weighted by Gasteiger charge is 2.19. The van der Waals surface area contributed by atoms with E-state index >= 15 is 0 Å². The molecule has 0 aromatic heterocycles. The van der Waals surface area contributed by atoms with Gasteiger partial charge in [-0.25, -0.2) is 9.18 Å². The van der Waals surface area contributed by atoms with Crippen molar-refractivity contribution >= 4 is 17.6 Å². The zero-order chi connectivity index (χ0) is 16.7. The van der Waals surface area contributed by atoms with Crippen molar-refractivity contribution < 1.29 is 14.0 Å². The van der Waals surface area contributed by atoms with Crippen molar-refractivity contribution in [3.63, 3.8) is 0 Å². The van der Waals surface area contributed by atoms with E-state index in [0.717, 1.165) is 12.8 Å². The number of carbonyl (C=O) groups excluding carboxylic acids is 2. The topological polar surface area (TPSA) is 73.5 Å². The molecule has 0 unspecified atom stereocenters. The minimum atomic E-state index is -0.384. The summed E-state index contributed by atoms with van der Waals surface area (Å²) in [5, 5.41) is 8.15. The molecule has 0 aliphatic carbocycles. The molecule has 0 spiro atoms. The number of hydrogen-bond acceptors (Lipinski definition) is 3. The van der Waals surface area contributed by atoms with Crippen LogP contribution in [0.5, 0.6) is 0 Å². The number of rotatable bonds is 6. The van der Waals surface area contributed by atoms with Gasteiger partial charge in [-0.05, 0) is 24.1 Å². The summed E-state index contributed by atoms with van der Waals surface area (Å²) in [4.78, 5) is 24.6. The van der Waals surface area contributed by atoms with Crippen LogP contribution in [-0.4, -0.2) is 38.1 Å². The van der Waals surface area contributed by atoms with Crippen LogP contribution < -0.4 is 20.9 Å². The van der Waals surface area contributed by atoms with Crippen LogP contribution in [0.1, 0.15) is 25.3 Å². The Bertz CT molecular complexity index is 565. The number of piperazine rings is 1. The van der Waals surface area contributed by atoms with Crippen molar-refractivity contribution in [3.05, 3.63) is 29.6 Å². The highest BCUT2D eigenvalue weighted by atomic mass is 19.1. The van der Waals surface area contributed by atoms with Crippen LogP contribution in [0, 0.1) is 5.82 Å². The van der Waals surface area contributed by atoms with Gasteiger partial charge in [0.2, 0.25) is 5.91 Å². The first-order valence-electron chi connectivity index (χ1n) is 7.92. The van der Waals surface area contributed by atoms with Crippen molar-refractivity contribution in [1.82, 2.24) is 16.0 Å². The Morgan fingerprint density at radius 1 is 1.39 bits per heavy atom. The van der Waals surface area contributed by atoms with Crippen LogP contribution in [0.4, 0.5) is 14.9 Å². The molecule has 0 bridgehead atoms. The molecule has 23 heavy (non-hydrogen) atoms. The smallest absolute Gasteiger partial charge is 0.315 e. The minimum absolute atomic E-state index is 0.106. The van der Waals surface area contributed by atoms with Gasteiger partial charge >= 0.3 is 6.03 Å². The number of amides is 3. The number of hydrogen-bond donors (Lipinski definition) is 3. The largest absolute Gasteiger partial charge is 0.358 e. The van der Waals surface area contributed by atoms with Gasteiger partial charge in [0.05, 0.1) is 12.2 Å². The van der Waals surface area contributed by atoms with Gasteiger partial charge in [-0.2, -0.15) is 0 Å². The summed E-state index contributed by atoms with van der Waals surface area (Å²) in [6.07, 6.45) is 1.95. The van der Waals surface area contributed by atoms with Gasteiger partial charge in [0, 0.05) is 26.2 Å². The van der Waals surface area contributed by atoms with E-state index in [-0.39, 0.29) is 30.8 Å². The number of nitrogens with one attached hydrogen (secondary N) is 3. The summed E-state index contributed by atoms with van der Waals surface area (Å²) in [5.74, 6) is -0.490. The molecular weight excluding hydrogens is 299 g/mol. The first-order valence-corrected chi connectivity index (χ1v) is 7.92. The van der Waals surface area contributed by atoms with Crippen LogP contribution >= 0.6 is 0 Å². The first kappa shape index (κ1) is 17.1. The maximum atomic E-state index is 14.2. The molecule has 1 saturated heterocycles.